The van der Waals surface area contributed by atoms with Gasteiger partial charge >= 0.3 is 0 Å². The lowest BCUT2D eigenvalue weighted by Crippen LogP contribution is -2.41. The zero-order valence-electron chi connectivity index (χ0n) is 14.6. The van der Waals surface area contributed by atoms with Crippen molar-refractivity contribution in [3.63, 3.8) is 0 Å². The van der Waals surface area contributed by atoms with Crippen LogP contribution in [0.5, 0.6) is 0 Å². The fourth-order valence-electron chi connectivity index (χ4n) is 2.88. The molecule has 0 radical (unpaired) electrons. The number of aromatic nitrogens is 1. The second kappa shape index (κ2) is 8.60. The fourth-order valence-corrected chi connectivity index (χ4v) is 2.88. The molecule has 1 aromatic heterocycles. The summed E-state index contributed by atoms with van der Waals surface area (Å²) in [4.78, 5) is 8.73. The van der Waals surface area contributed by atoms with Crippen LogP contribution in [0.25, 0.3) is 0 Å². The van der Waals surface area contributed by atoms with Crippen LogP contribution in [0, 0.1) is 12.7 Å². The van der Waals surface area contributed by atoms with Gasteiger partial charge in [-0.3, -0.25) is 9.98 Å². The molecule has 1 saturated carbocycles. The highest BCUT2D eigenvalue weighted by Gasteiger charge is 2.44. The normalized spacial score (nSPS) is 15.2. The Morgan fingerprint density at radius 1 is 1.20 bits per heavy atom. The van der Waals surface area contributed by atoms with E-state index in [0.29, 0.717) is 6.54 Å². The van der Waals surface area contributed by atoms with Gasteiger partial charge in [0.2, 0.25) is 0 Å². The first-order valence-electron chi connectivity index (χ1n) is 8.24. The highest BCUT2D eigenvalue weighted by molar-refractivity contribution is 14.0. The molecule has 0 spiro atoms. The van der Waals surface area contributed by atoms with Gasteiger partial charge in [0, 0.05) is 24.7 Å². The van der Waals surface area contributed by atoms with Gasteiger partial charge in [-0.05, 0) is 49.6 Å². The van der Waals surface area contributed by atoms with Crippen molar-refractivity contribution in [2.75, 3.05) is 13.6 Å². The summed E-state index contributed by atoms with van der Waals surface area (Å²) in [6.45, 7) is 3.35. The number of nitrogens with zero attached hydrogens (tertiary/aromatic N) is 2. The molecule has 2 aromatic rings. The van der Waals surface area contributed by atoms with Crippen molar-refractivity contribution in [2.45, 2.75) is 31.7 Å². The molecule has 0 unspecified atom stereocenters. The summed E-state index contributed by atoms with van der Waals surface area (Å²) in [6.07, 6.45) is 2.14. The van der Waals surface area contributed by atoms with Crippen molar-refractivity contribution in [2.24, 2.45) is 4.99 Å². The summed E-state index contributed by atoms with van der Waals surface area (Å²) in [5.41, 5.74) is 3.07. The van der Waals surface area contributed by atoms with Gasteiger partial charge in [-0.1, -0.05) is 18.2 Å². The molecular weight excluding hydrogens is 430 g/mol. The van der Waals surface area contributed by atoms with Crippen molar-refractivity contribution in [1.82, 2.24) is 15.6 Å². The van der Waals surface area contributed by atoms with Gasteiger partial charge in [0.05, 0.1) is 12.2 Å². The van der Waals surface area contributed by atoms with Crippen LogP contribution in [0.4, 0.5) is 4.39 Å². The summed E-state index contributed by atoms with van der Waals surface area (Å²) >= 11 is 0. The van der Waals surface area contributed by atoms with Crippen molar-refractivity contribution in [3.05, 3.63) is 65.2 Å². The van der Waals surface area contributed by atoms with Crippen LogP contribution in [0.2, 0.25) is 0 Å². The molecule has 1 aliphatic carbocycles. The maximum absolute atomic E-state index is 13.5. The fraction of sp³-hybridized carbons (Fsp3) is 0.368. The number of hydrogen-bond donors (Lipinski definition) is 2. The van der Waals surface area contributed by atoms with Crippen molar-refractivity contribution >= 4 is 29.9 Å². The molecule has 4 nitrogen and oxygen atoms in total. The van der Waals surface area contributed by atoms with Gasteiger partial charge in [0.15, 0.2) is 5.96 Å². The number of nitrogens with one attached hydrogen (secondary N) is 2. The number of halogens is 2. The zero-order chi connectivity index (χ0) is 17.0. The van der Waals surface area contributed by atoms with Crippen molar-refractivity contribution in [1.29, 1.82) is 0 Å². The number of guanidine groups is 1. The second-order valence-corrected chi connectivity index (χ2v) is 6.34. The van der Waals surface area contributed by atoms with Gasteiger partial charge in [0.1, 0.15) is 5.82 Å². The van der Waals surface area contributed by atoms with Gasteiger partial charge in [-0.25, -0.2) is 4.39 Å². The Labute approximate surface area is 165 Å². The van der Waals surface area contributed by atoms with Gasteiger partial charge in [0.25, 0.3) is 0 Å². The monoisotopic (exact) mass is 454 g/mol. The first-order chi connectivity index (χ1) is 11.6. The highest BCUT2D eigenvalue weighted by atomic mass is 127. The van der Waals surface area contributed by atoms with E-state index >= 15 is 0 Å². The first kappa shape index (κ1) is 19.6. The summed E-state index contributed by atoms with van der Waals surface area (Å²) in [7, 11) is 1.75. The quantitative estimate of drug-likeness (QED) is 0.413. The molecule has 25 heavy (non-hydrogen) atoms. The Balaban J connectivity index is 0.00000225. The Morgan fingerprint density at radius 2 is 1.96 bits per heavy atom. The molecule has 1 fully saturated rings. The zero-order valence-corrected chi connectivity index (χ0v) is 16.9. The van der Waals surface area contributed by atoms with E-state index < -0.39 is 0 Å². The molecule has 0 amide bonds. The highest BCUT2D eigenvalue weighted by Crippen LogP contribution is 2.47. The van der Waals surface area contributed by atoms with Gasteiger partial charge < -0.3 is 10.6 Å². The summed E-state index contributed by atoms with van der Waals surface area (Å²) in [5.74, 6) is 0.563. The van der Waals surface area contributed by atoms with Crippen molar-refractivity contribution < 1.29 is 4.39 Å². The standard InChI is InChI=1S/C19H23FN4.HI/c1-14-5-3-8-17(24-14)12-22-18(21-2)23-13-19(9-10-19)15-6-4-7-16(20)11-15;/h3-8,11H,9-10,12-13H2,1-2H3,(H2,21,22,23);1H. The van der Waals surface area contributed by atoms with Crippen LogP contribution in [-0.4, -0.2) is 24.5 Å². The molecule has 1 aliphatic rings. The Hall–Kier alpha value is -1.70. The lowest BCUT2D eigenvalue weighted by Gasteiger charge is -2.19. The number of pyridine rings is 1. The van der Waals surface area contributed by atoms with E-state index in [1.54, 1.807) is 19.2 Å². The van der Waals surface area contributed by atoms with E-state index in [9.17, 15) is 4.39 Å². The smallest absolute Gasteiger partial charge is 0.191 e. The van der Waals surface area contributed by atoms with E-state index in [0.717, 1.165) is 42.3 Å². The summed E-state index contributed by atoms with van der Waals surface area (Å²) < 4.78 is 13.5. The Bertz CT molecular complexity index is 744. The SMILES string of the molecule is CN=C(NCc1cccc(C)n1)NCC1(c2cccc(F)c2)CC1.I. The number of benzene rings is 1. The van der Waals surface area contributed by atoms with Crippen LogP contribution in [-0.2, 0) is 12.0 Å². The first-order valence-corrected chi connectivity index (χ1v) is 8.24. The summed E-state index contributed by atoms with van der Waals surface area (Å²) in [5, 5.41) is 6.64. The predicted molar refractivity (Wildman–Crippen MR) is 110 cm³/mol. The number of hydrogen-bond acceptors (Lipinski definition) is 2. The molecular formula is C19H24FIN4. The lowest BCUT2D eigenvalue weighted by atomic mass is 9.96. The Morgan fingerprint density at radius 3 is 2.60 bits per heavy atom. The maximum Gasteiger partial charge on any atom is 0.191 e. The van der Waals surface area contributed by atoms with E-state index in [1.807, 2.05) is 31.2 Å². The predicted octanol–water partition coefficient (Wildman–Crippen LogP) is 3.54. The number of rotatable bonds is 5. The average Bonchev–Trinajstić information content (AvgIpc) is 3.36. The molecule has 0 saturated heterocycles. The molecule has 2 N–H and O–H groups in total. The van der Waals surface area contributed by atoms with E-state index in [-0.39, 0.29) is 35.2 Å². The maximum atomic E-state index is 13.5. The Kier molecular flexibility index (Phi) is 6.75. The average molecular weight is 454 g/mol. The molecule has 134 valence electrons. The topological polar surface area (TPSA) is 49.3 Å². The van der Waals surface area contributed by atoms with Crippen LogP contribution in [0.15, 0.2) is 47.5 Å². The van der Waals surface area contributed by atoms with Crippen LogP contribution < -0.4 is 10.6 Å². The molecule has 1 aromatic carbocycles. The van der Waals surface area contributed by atoms with E-state index in [1.165, 1.54) is 6.07 Å². The number of aliphatic imine (C=N–C) groups is 1. The van der Waals surface area contributed by atoms with Crippen LogP contribution in [0.1, 0.15) is 29.8 Å². The third-order valence-corrected chi connectivity index (χ3v) is 4.49. The molecule has 6 heteroatoms. The van der Waals surface area contributed by atoms with E-state index in [2.05, 4.69) is 20.6 Å². The molecule has 0 aliphatic heterocycles. The molecule has 1 heterocycles. The second-order valence-electron chi connectivity index (χ2n) is 6.34. The largest absolute Gasteiger partial charge is 0.356 e. The minimum Gasteiger partial charge on any atom is -0.356 e. The van der Waals surface area contributed by atoms with E-state index in [4.69, 9.17) is 0 Å². The molecule has 0 atom stereocenters. The molecule has 3 rings (SSSR count). The third-order valence-electron chi connectivity index (χ3n) is 4.49. The van der Waals surface area contributed by atoms with Crippen molar-refractivity contribution in [3.8, 4) is 0 Å². The minimum absolute atomic E-state index is 0. The van der Waals surface area contributed by atoms with Gasteiger partial charge in [-0.15, -0.1) is 24.0 Å². The minimum atomic E-state index is -0.174. The van der Waals surface area contributed by atoms with Crippen LogP contribution >= 0.6 is 24.0 Å². The number of aryl methyl sites for hydroxylation is 1. The van der Waals surface area contributed by atoms with Gasteiger partial charge in [-0.2, -0.15) is 0 Å². The third kappa shape index (κ3) is 5.14. The van der Waals surface area contributed by atoms with Crippen LogP contribution in [0.3, 0.4) is 0 Å². The molecule has 0 bridgehead atoms. The lowest BCUT2D eigenvalue weighted by molar-refractivity contribution is 0.607. The summed E-state index contributed by atoms with van der Waals surface area (Å²) in [6, 6.07) is 12.9.